The van der Waals surface area contributed by atoms with Crippen LogP contribution < -0.4 is 5.43 Å². The van der Waals surface area contributed by atoms with Gasteiger partial charge in [-0.1, -0.05) is 6.07 Å². The van der Waals surface area contributed by atoms with Crippen LogP contribution >= 0.6 is 0 Å². The molecule has 0 saturated heterocycles. The average Bonchev–Trinajstić information content (AvgIpc) is 2.45. The summed E-state index contributed by atoms with van der Waals surface area (Å²) in [5.74, 6) is -0.530. The third-order valence-electron chi connectivity index (χ3n) is 2.70. The molecule has 20 heavy (non-hydrogen) atoms. The van der Waals surface area contributed by atoms with Crippen molar-refractivity contribution in [3.63, 3.8) is 0 Å². The van der Waals surface area contributed by atoms with Crippen molar-refractivity contribution in [2.45, 2.75) is 0 Å². The molecule has 0 aliphatic rings. The lowest BCUT2D eigenvalue weighted by Gasteiger charge is -1.99. The molecule has 0 saturated carbocycles. The maximum Gasteiger partial charge on any atom is 0.332 e. The summed E-state index contributed by atoms with van der Waals surface area (Å²) in [6.07, 6.45) is 3.73. The van der Waals surface area contributed by atoms with Gasteiger partial charge in [0.1, 0.15) is 0 Å². The topological polar surface area (TPSA) is 102 Å². The highest BCUT2D eigenvalue weighted by Crippen LogP contribution is 2.15. The standard InChI is InChI=1S/C13H10N2O5/c1-20-12(16)5-3-8-2-4-10-9(6-8)13(17)11(7-14-10)15(18)19/h2-7H,1H3,(H,14,17). The normalized spacial score (nSPS) is 10.8. The number of carbonyl (C=O) groups excluding carboxylic acids is 1. The van der Waals surface area contributed by atoms with Crippen LogP contribution in [0.25, 0.3) is 17.0 Å². The Labute approximate surface area is 112 Å². The molecule has 2 aromatic rings. The molecule has 2 rings (SSSR count). The van der Waals surface area contributed by atoms with Crippen LogP contribution in [0.3, 0.4) is 0 Å². The van der Waals surface area contributed by atoms with Crippen LogP contribution in [-0.4, -0.2) is 23.0 Å². The van der Waals surface area contributed by atoms with Gasteiger partial charge < -0.3 is 9.72 Å². The van der Waals surface area contributed by atoms with Crippen molar-refractivity contribution in [3.05, 3.63) is 56.4 Å². The third kappa shape index (κ3) is 2.56. The lowest BCUT2D eigenvalue weighted by molar-refractivity contribution is -0.386. The molecule has 7 nitrogen and oxygen atoms in total. The first kappa shape index (κ1) is 13.5. The number of nitrogens with one attached hydrogen (secondary N) is 1. The molecule has 0 unspecified atom stereocenters. The number of H-pyrrole nitrogens is 1. The van der Waals surface area contributed by atoms with Crippen molar-refractivity contribution in [1.82, 2.24) is 4.98 Å². The summed E-state index contributed by atoms with van der Waals surface area (Å²) in [4.78, 5) is 35.6. The van der Waals surface area contributed by atoms with Crippen LogP contribution in [0.5, 0.6) is 0 Å². The number of rotatable bonds is 3. The molecule has 1 aromatic heterocycles. The van der Waals surface area contributed by atoms with Gasteiger partial charge in [0.15, 0.2) is 0 Å². The molecule has 0 aliphatic carbocycles. The van der Waals surface area contributed by atoms with E-state index in [1.54, 1.807) is 12.1 Å². The Morgan fingerprint density at radius 2 is 2.20 bits per heavy atom. The molecule has 0 fully saturated rings. The molecule has 1 aromatic carbocycles. The SMILES string of the molecule is COC(=O)C=Cc1ccc2[nH]cc([N+](=O)[O-])c(=O)c2c1. The molecule has 102 valence electrons. The van der Waals surface area contributed by atoms with Crippen molar-refractivity contribution >= 4 is 28.6 Å². The van der Waals surface area contributed by atoms with Gasteiger partial charge in [0.2, 0.25) is 0 Å². The second-order valence-electron chi connectivity index (χ2n) is 3.92. The smallest absolute Gasteiger partial charge is 0.332 e. The number of benzene rings is 1. The van der Waals surface area contributed by atoms with E-state index < -0.39 is 22.0 Å². The van der Waals surface area contributed by atoms with E-state index in [4.69, 9.17) is 0 Å². The van der Waals surface area contributed by atoms with Crippen LogP contribution in [-0.2, 0) is 9.53 Å². The fourth-order valence-corrected chi connectivity index (χ4v) is 1.70. The van der Waals surface area contributed by atoms with Crippen LogP contribution in [0.15, 0.2) is 35.3 Å². The number of fused-ring (bicyclic) bond motifs is 1. The molecule has 0 amide bonds. The van der Waals surface area contributed by atoms with Crippen molar-refractivity contribution in [1.29, 1.82) is 0 Å². The maximum absolute atomic E-state index is 11.9. The van der Waals surface area contributed by atoms with Gasteiger partial charge in [-0.15, -0.1) is 0 Å². The molecule has 0 radical (unpaired) electrons. The highest BCUT2D eigenvalue weighted by molar-refractivity contribution is 5.89. The van der Waals surface area contributed by atoms with Gasteiger partial charge in [0, 0.05) is 11.6 Å². The monoisotopic (exact) mass is 274 g/mol. The number of aromatic amines is 1. The minimum absolute atomic E-state index is 0.186. The second-order valence-corrected chi connectivity index (χ2v) is 3.92. The summed E-state index contributed by atoms with van der Waals surface area (Å²) < 4.78 is 4.45. The molecule has 0 aliphatic heterocycles. The van der Waals surface area contributed by atoms with E-state index in [2.05, 4.69) is 9.72 Å². The highest BCUT2D eigenvalue weighted by atomic mass is 16.6. The second kappa shape index (κ2) is 5.35. The largest absolute Gasteiger partial charge is 0.466 e. The van der Waals surface area contributed by atoms with Gasteiger partial charge >= 0.3 is 11.7 Å². The Hall–Kier alpha value is -2.96. The van der Waals surface area contributed by atoms with E-state index in [0.717, 1.165) is 6.20 Å². The van der Waals surface area contributed by atoms with Crippen molar-refractivity contribution in [2.24, 2.45) is 0 Å². The van der Waals surface area contributed by atoms with Crippen molar-refractivity contribution in [2.75, 3.05) is 7.11 Å². The Morgan fingerprint density at radius 3 is 2.85 bits per heavy atom. The number of hydrogen-bond donors (Lipinski definition) is 1. The predicted molar refractivity (Wildman–Crippen MR) is 72.3 cm³/mol. The fourth-order valence-electron chi connectivity index (χ4n) is 1.70. The minimum Gasteiger partial charge on any atom is -0.466 e. The van der Waals surface area contributed by atoms with Gasteiger partial charge in [-0.05, 0) is 23.8 Å². The van der Waals surface area contributed by atoms with E-state index in [-0.39, 0.29) is 5.39 Å². The summed E-state index contributed by atoms with van der Waals surface area (Å²) in [6, 6.07) is 4.75. The summed E-state index contributed by atoms with van der Waals surface area (Å²) in [6.45, 7) is 0. The molecular weight excluding hydrogens is 264 g/mol. The number of pyridine rings is 1. The minimum atomic E-state index is -0.741. The zero-order valence-corrected chi connectivity index (χ0v) is 10.5. The molecule has 1 N–H and O–H groups in total. The lowest BCUT2D eigenvalue weighted by atomic mass is 10.1. The molecule has 0 spiro atoms. The Morgan fingerprint density at radius 1 is 1.45 bits per heavy atom. The number of nitrogens with zero attached hydrogens (tertiary/aromatic N) is 1. The zero-order valence-electron chi connectivity index (χ0n) is 10.5. The van der Waals surface area contributed by atoms with E-state index in [1.165, 1.54) is 25.3 Å². The molecular formula is C13H10N2O5. The molecule has 1 heterocycles. The predicted octanol–water partition coefficient (Wildman–Crippen LogP) is 1.62. The van der Waals surface area contributed by atoms with Gasteiger partial charge in [0.05, 0.1) is 23.6 Å². The number of hydrogen-bond acceptors (Lipinski definition) is 5. The third-order valence-corrected chi connectivity index (χ3v) is 2.70. The average molecular weight is 274 g/mol. The van der Waals surface area contributed by atoms with Crippen LogP contribution in [0.4, 0.5) is 5.69 Å². The van der Waals surface area contributed by atoms with Crippen LogP contribution in [0.1, 0.15) is 5.56 Å². The molecule has 7 heteroatoms. The Bertz CT molecular complexity index is 776. The number of carbonyl (C=O) groups is 1. The Kier molecular flexibility index (Phi) is 3.60. The summed E-state index contributed by atoms with van der Waals surface area (Å²) in [5, 5.41) is 10.9. The van der Waals surface area contributed by atoms with Crippen molar-refractivity contribution in [3.8, 4) is 0 Å². The van der Waals surface area contributed by atoms with E-state index in [1.807, 2.05) is 0 Å². The molecule has 0 atom stereocenters. The zero-order chi connectivity index (χ0) is 14.7. The summed E-state index contributed by atoms with van der Waals surface area (Å²) >= 11 is 0. The van der Waals surface area contributed by atoms with E-state index in [0.29, 0.717) is 11.1 Å². The quantitative estimate of drug-likeness (QED) is 0.396. The van der Waals surface area contributed by atoms with Crippen molar-refractivity contribution < 1.29 is 14.5 Å². The highest BCUT2D eigenvalue weighted by Gasteiger charge is 2.14. The first-order valence-electron chi connectivity index (χ1n) is 5.59. The number of nitro groups is 1. The summed E-state index contributed by atoms with van der Waals surface area (Å²) in [7, 11) is 1.25. The van der Waals surface area contributed by atoms with E-state index in [9.17, 15) is 19.7 Å². The summed E-state index contributed by atoms with van der Waals surface area (Å²) in [5.41, 5.74) is -0.145. The van der Waals surface area contributed by atoms with Gasteiger partial charge in [-0.2, -0.15) is 0 Å². The van der Waals surface area contributed by atoms with Gasteiger partial charge in [-0.25, -0.2) is 4.79 Å². The number of aromatic nitrogens is 1. The molecule has 0 bridgehead atoms. The first-order chi connectivity index (χ1) is 9.52. The number of ether oxygens (including phenoxy) is 1. The number of methoxy groups -OCH3 is 1. The van der Waals surface area contributed by atoms with E-state index >= 15 is 0 Å². The fraction of sp³-hybridized carbons (Fsp3) is 0.0769. The van der Waals surface area contributed by atoms with Gasteiger partial charge in [-0.3, -0.25) is 14.9 Å². The van der Waals surface area contributed by atoms with Gasteiger partial charge in [0.25, 0.3) is 5.43 Å². The Balaban J connectivity index is 2.55. The number of esters is 1. The first-order valence-corrected chi connectivity index (χ1v) is 5.59. The maximum atomic E-state index is 11.9. The van der Waals surface area contributed by atoms with Crippen LogP contribution in [0, 0.1) is 10.1 Å². The van der Waals surface area contributed by atoms with Crippen LogP contribution in [0.2, 0.25) is 0 Å². The lowest BCUT2D eigenvalue weighted by Crippen LogP contribution is -2.09.